The fourth-order valence-electron chi connectivity index (χ4n) is 2.91. The number of nitrogens with one attached hydrogen (secondary N) is 1. The van der Waals surface area contributed by atoms with E-state index in [1.54, 1.807) is 17.5 Å². The molecular formula is C17H19ClN2O3S2. The smallest absolute Gasteiger partial charge is 0.253 e. The lowest BCUT2D eigenvalue weighted by Crippen LogP contribution is -2.46. The molecule has 2 aromatic rings. The Morgan fingerprint density at radius 3 is 2.72 bits per heavy atom. The molecule has 1 aromatic heterocycles. The summed E-state index contributed by atoms with van der Waals surface area (Å²) in [5.74, 6) is -0.230. The Labute approximate surface area is 156 Å². The van der Waals surface area contributed by atoms with Gasteiger partial charge in [0.25, 0.3) is 10.0 Å². The van der Waals surface area contributed by atoms with Crippen molar-refractivity contribution in [2.75, 3.05) is 13.1 Å². The molecule has 1 fully saturated rings. The van der Waals surface area contributed by atoms with Gasteiger partial charge in [0, 0.05) is 18.1 Å². The number of halogens is 1. The molecule has 8 heteroatoms. The van der Waals surface area contributed by atoms with Crippen LogP contribution in [0.2, 0.25) is 5.02 Å². The summed E-state index contributed by atoms with van der Waals surface area (Å²) in [6.45, 7) is 0.847. The summed E-state index contributed by atoms with van der Waals surface area (Å²) >= 11 is 7.03. The molecule has 0 spiro atoms. The monoisotopic (exact) mass is 398 g/mol. The SMILES string of the molecule is O=C(NCCc1ccc(Cl)cc1)C1CCCN1S(=O)(=O)c1cccs1. The second kappa shape index (κ2) is 7.86. The molecule has 2 heterocycles. The summed E-state index contributed by atoms with van der Waals surface area (Å²) < 4.78 is 27.0. The van der Waals surface area contributed by atoms with Crippen LogP contribution in [-0.2, 0) is 21.2 Å². The molecule has 3 rings (SSSR count). The number of rotatable bonds is 6. The second-order valence-electron chi connectivity index (χ2n) is 5.87. The number of carbonyl (C=O) groups excluding carboxylic acids is 1. The average molecular weight is 399 g/mol. The van der Waals surface area contributed by atoms with Crippen molar-refractivity contribution in [3.63, 3.8) is 0 Å². The van der Waals surface area contributed by atoms with Crippen LogP contribution < -0.4 is 5.32 Å². The first-order valence-corrected chi connectivity index (χ1v) is 10.8. The third-order valence-corrected chi connectivity index (χ3v) is 7.72. The van der Waals surface area contributed by atoms with Gasteiger partial charge in [-0.25, -0.2) is 8.42 Å². The average Bonchev–Trinajstić information content (AvgIpc) is 3.28. The number of hydrogen-bond donors (Lipinski definition) is 1. The van der Waals surface area contributed by atoms with Crippen LogP contribution in [0.4, 0.5) is 0 Å². The van der Waals surface area contributed by atoms with Crippen LogP contribution in [0.3, 0.4) is 0 Å². The van der Waals surface area contributed by atoms with Gasteiger partial charge in [0.1, 0.15) is 10.3 Å². The van der Waals surface area contributed by atoms with Crippen molar-refractivity contribution in [1.82, 2.24) is 9.62 Å². The van der Waals surface area contributed by atoms with Crippen LogP contribution in [0.15, 0.2) is 46.0 Å². The lowest BCUT2D eigenvalue weighted by Gasteiger charge is -2.22. The number of hydrogen-bond acceptors (Lipinski definition) is 4. The standard InChI is InChI=1S/C17H19ClN2O3S2/c18-14-7-5-13(6-8-14)9-10-19-17(21)15-3-1-11-20(15)25(22,23)16-4-2-12-24-16/h2,4-8,12,15H,1,3,9-11H2,(H,19,21). The first-order chi connectivity index (χ1) is 12.0. The maximum Gasteiger partial charge on any atom is 0.253 e. The van der Waals surface area contributed by atoms with Crippen LogP contribution in [0.5, 0.6) is 0 Å². The third-order valence-electron chi connectivity index (χ3n) is 4.19. The molecule has 0 bridgehead atoms. The highest BCUT2D eigenvalue weighted by Crippen LogP contribution is 2.28. The second-order valence-corrected chi connectivity index (χ2v) is 9.37. The summed E-state index contributed by atoms with van der Waals surface area (Å²) in [7, 11) is -3.60. The fraction of sp³-hybridized carbons (Fsp3) is 0.353. The number of carbonyl (C=O) groups is 1. The van der Waals surface area contributed by atoms with E-state index in [0.29, 0.717) is 37.4 Å². The summed E-state index contributed by atoms with van der Waals surface area (Å²) in [4.78, 5) is 12.5. The molecular weight excluding hydrogens is 380 g/mol. The van der Waals surface area contributed by atoms with Gasteiger partial charge in [-0.3, -0.25) is 4.79 Å². The van der Waals surface area contributed by atoms with Crippen molar-refractivity contribution in [1.29, 1.82) is 0 Å². The Morgan fingerprint density at radius 2 is 2.04 bits per heavy atom. The molecule has 1 aromatic carbocycles. The van der Waals surface area contributed by atoms with Gasteiger partial charge < -0.3 is 5.32 Å². The van der Waals surface area contributed by atoms with E-state index < -0.39 is 16.1 Å². The number of amides is 1. The normalized spacial score (nSPS) is 18.4. The molecule has 1 N–H and O–H groups in total. The quantitative estimate of drug-likeness (QED) is 0.813. The van der Waals surface area contributed by atoms with Crippen molar-refractivity contribution in [2.24, 2.45) is 0 Å². The zero-order valence-electron chi connectivity index (χ0n) is 13.5. The molecule has 1 aliphatic heterocycles. The summed E-state index contributed by atoms with van der Waals surface area (Å²) in [5, 5.41) is 5.26. The first-order valence-electron chi connectivity index (χ1n) is 8.06. The molecule has 0 radical (unpaired) electrons. The summed E-state index contributed by atoms with van der Waals surface area (Å²) in [6, 6.07) is 10.1. The van der Waals surface area contributed by atoms with Crippen molar-refractivity contribution in [2.45, 2.75) is 29.5 Å². The predicted molar refractivity (Wildman–Crippen MR) is 99.4 cm³/mol. The van der Waals surface area contributed by atoms with Crippen LogP contribution in [0.1, 0.15) is 18.4 Å². The van der Waals surface area contributed by atoms with Gasteiger partial charge in [0.15, 0.2) is 0 Å². The molecule has 1 amide bonds. The minimum atomic E-state index is -3.60. The molecule has 1 aliphatic rings. The predicted octanol–water partition coefficient (Wildman–Crippen LogP) is 2.91. The minimum Gasteiger partial charge on any atom is -0.354 e. The Morgan fingerprint density at radius 1 is 1.28 bits per heavy atom. The van der Waals surface area contributed by atoms with E-state index in [1.165, 1.54) is 15.6 Å². The summed E-state index contributed by atoms with van der Waals surface area (Å²) in [6.07, 6.45) is 1.92. The first kappa shape index (κ1) is 18.4. The lowest BCUT2D eigenvalue weighted by molar-refractivity contribution is -0.124. The van der Waals surface area contributed by atoms with Crippen molar-refractivity contribution in [3.8, 4) is 0 Å². The number of sulfonamides is 1. The lowest BCUT2D eigenvalue weighted by atomic mass is 10.1. The van der Waals surface area contributed by atoms with Gasteiger partial charge in [0.05, 0.1) is 0 Å². The van der Waals surface area contributed by atoms with Crippen molar-refractivity contribution < 1.29 is 13.2 Å². The number of thiophene rings is 1. The van der Waals surface area contributed by atoms with Gasteiger partial charge in [-0.1, -0.05) is 29.8 Å². The number of nitrogens with zero attached hydrogens (tertiary/aromatic N) is 1. The highest BCUT2D eigenvalue weighted by Gasteiger charge is 2.39. The van der Waals surface area contributed by atoms with Crippen LogP contribution in [-0.4, -0.2) is 37.8 Å². The molecule has 1 atom stereocenters. The van der Waals surface area contributed by atoms with Gasteiger partial charge in [-0.2, -0.15) is 4.31 Å². The molecule has 5 nitrogen and oxygen atoms in total. The maximum atomic E-state index is 12.7. The van der Waals surface area contributed by atoms with E-state index in [-0.39, 0.29) is 10.1 Å². The molecule has 0 saturated carbocycles. The van der Waals surface area contributed by atoms with E-state index in [4.69, 9.17) is 11.6 Å². The number of benzene rings is 1. The topological polar surface area (TPSA) is 66.5 Å². The maximum absolute atomic E-state index is 12.7. The third kappa shape index (κ3) is 4.23. The Kier molecular flexibility index (Phi) is 5.78. The van der Waals surface area contributed by atoms with Gasteiger partial charge in [0.2, 0.25) is 5.91 Å². The highest BCUT2D eigenvalue weighted by atomic mass is 35.5. The summed E-state index contributed by atoms with van der Waals surface area (Å²) in [5.41, 5.74) is 1.07. The van der Waals surface area contributed by atoms with E-state index in [2.05, 4.69) is 5.32 Å². The van der Waals surface area contributed by atoms with Crippen LogP contribution in [0, 0.1) is 0 Å². The Balaban J connectivity index is 1.60. The van der Waals surface area contributed by atoms with E-state index >= 15 is 0 Å². The molecule has 1 unspecified atom stereocenters. The molecule has 1 saturated heterocycles. The van der Waals surface area contributed by atoms with E-state index in [0.717, 1.165) is 5.56 Å². The van der Waals surface area contributed by atoms with Gasteiger partial charge in [-0.05, 0) is 48.4 Å². The van der Waals surface area contributed by atoms with Gasteiger partial charge >= 0.3 is 0 Å². The largest absolute Gasteiger partial charge is 0.354 e. The minimum absolute atomic E-state index is 0.230. The van der Waals surface area contributed by atoms with Crippen molar-refractivity contribution >= 4 is 38.9 Å². The van der Waals surface area contributed by atoms with Gasteiger partial charge in [-0.15, -0.1) is 11.3 Å². The fourth-order valence-corrected chi connectivity index (χ4v) is 5.82. The highest BCUT2D eigenvalue weighted by molar-refractivity contribution is 7.91. The van der Waals surface area contributed by atoms with E-state index in [1.807, 2.05) is 24.3 Å². The molecule has 0 aliphatic carbocycles. The Bertz CT molecular complexity index is 820. The zero-order chi connectivity index (χ0) is 17.9. The Hall–Kier alpha value is -1.41. The van der Waals surface area contributed by atoms with Crippen LogP contribution >= 0.6 is 22.9 Å². The molecule has 25 heavy (non-hydrogen) atoms. The molecule has 134 valence electrons. The van der Waals surface area contributed by atoms with Crippen LogP contribution in [0.25, 0.3) is 0 Å². The van der Waals surface area contributed by atoms with E-state index in [9.17, 15) is 13.2 Å². The van der Waals surface area contributed by atoms with Crippen molar-refractivity contribution in [3.05, 3.63) is 52.4 Å². The zero-order valence-corrected chi connectivity index (χ0v) is 15.9.